The lowest BCUT2D eigenvalue weighted by Crippen LogP contribution is -2.36. The van der Waals surface area contributed by atoms with Crippen molar-refractivity contribution in [2.24, 2.45) is 4.99 Å². The molecule has 1 aliphatic rings. The van der Waals surface area contributed by atoms with Gasteiger partial charge in [-0.15, -0.1) is 0 Å². The molecule has 0 radical (unpaired) electrons. The second-order valence-electron chi connectivity index (χ2n) is 7.61. The monoisotopic (exact) mass is 419 g/mol. The number of aliphatic imine (C=N–C) groups is 1. The predicted octanol–water partition coefficient (Wildman–Crippen LogP) is 3.21. The molecule has 0 spiro atoms. The Morgan fingerprint density at radius 3 is 2.74 bits per heavy atom. The van der Waals surface area contributed by atoms with Crippen LogP contribution < -0.4 is 15.4 Å². The number of rotatable bonds is 7. The van der Waals surface area contributed by atoms with Crippen LogP contribution in [0.15, 0.2) is 65.9 Å². The highest BCUT2D eigenvalue weighted by molar-refractivity contribution is 5.79. The van der Waals surface area contributed by atoms with E-state index in [1.165, 1.54) is 11.1 Å². The fraction of sp³-hybridized carbons (Fsp3) is 0.333. The first-order valence-electron chi connectivity index (χ1n) is 10.6. The van der Waals surface area contributed by atoms with Crippen molar-refractivity contribution in [3.05, 3.63) is 77.6 Å². The number of guanidine groups is 1. The molecule has 0 saturated carbocycles. The first-order chi connectivity index (χ1) is 15.2. The van der Waals surface area contributed by atoms with E-state index in [-0.39, 0.29) is 6.10 Å². The smallest absolute Gasteiger partial charge is 0.191 e. The SMILES string of the molecule is CN=C(NCc1ccc(-n2cccn2)cc1)NCc1ccc(C)cc1OC1CCOC1. The summed E-state index contributed by atoms with van der Waals surface area (Å²) < 4.78 is 13.5. The normalized spacial score (nSPS) is 16.3. The quantitative estimate of drug-likeness (QED) is 0.455. The fourth-order valence-electron chi connectivity index (χ4n) is 3.48. The van der Waals surface area contributed by atoms with Crippen molar-refractivity contribution < 1.29 is 9.47 Å². The van der Waals surface area contributed by atoms with E-state index in [9.17, 15) is 0 Å². The van der Waals surface area contributed by atoms with Gasteiger partial charge in [-0.2, -0.15) is 5.10 Å². The van der Waals surface area contributed by atoms with Crippen LogP contribution in [0.1, 0.15) is 23.1 Å². The largest absolute Gasteiger partial charge is 0.488 e. The van der Waals surface area contributed by atoms with Crippen molar-refractivity contribution in [1.82, 2.24) is 20.4 Å². The molecule has 31 heavy (non-hydrogen) atoms. The average Bonchev–Trinajstić information content (AvgIpc) is 3.50. The summed E-state index contributed by atoms with van der Waals surface area (Å²) in [6, 6.07) is 16.5. The number of benzene rings is 2. The Labute approximate surface area is 183 Å². The van der Waals surface area contributed by atoms with E-state index in [0.717, 1.165) is 36.0 Å². The molecule has 7 heteroatoms. The lowest BCUT2D eigenvalue weighted by Gasteiger charge is -2.18. The van der Waals surface area contributed by atoms with E-state index in [2.05, 4.69) is 70.1 Å². The summed E-state index contributed by atoms with van der Waals surface area (Å²) in [5.41, 5.74) is 4.48. The van der Waals surface area contributed by atoms with E-state index in [4.69, 9.17) is 9.47 Å². The van der Waals surface area contributed by atoms with Gasteiger partial charge in [0.05, 0.1) is 18.9 Å². The van der Waals surface area contributed by atoms with E-state index in [0.29, 0.717) is 19.7 Å². The van der Waals surface area contributed by atoms with Crippen molar-refractivity contribution in [2.45, 2.75) is 32.5 Å². The molecule has 1 unspecified atom stereocenters. The predicted molar refractivity (Wildman–Crippen MR) is 122 cm³/mol. The molecule has 1 atom stereocenters. The zero-order chi connectivity index (χ0) is 21.5. The van der Waals surface area contributed by atoms with Crippen molar-refractivity contribution in [3.8, 4) is 11.4 Å². The minimum atomic E-state index is 0.127. The number of nitrogens with zero attached hydrogens (tertiary/aromatic N) is 3. The van der Waals surface area contributed by atoms with Gasteiger partial charge in [0.25, 0.3) is 0 Å². The molecule has 1 aliphatic heterocycles. The Morgan fingerprint density at radius 2 is 2.03 bits per heavy atom. The molecule has 0 amide bonds. The molecule has 3 aromatic rings. The van der Waals surface area contributed by atoms with Crippen LogP contribution in [0, 0.1) is 6.92 Å². The maximum atomic E-state index is 6.19. The van der Waals surface area contributed by atoms with E-state index < -0.39 is 0 Å². The molecule has 2 heterocycles. The van der Waals surface area contributed by atoms with Crippen molar-refractivity contribution >= 4 is 5.96 Å². The lowest BCUT2D eigenvalue weighted by molar-refractivity contribution is 0.140. The summed E-state index contributed by atoms with van der Waals surface area (Å²) in [6.07, 6.45) is 4.77. The van der Waals surface area contributed by atoms with Gasteiger partial charge in [0.2, 0.25) is 0 Å². The first kappa shape index (κ1) is 20.9. The lowest BCUT2D eigenvalue weighted by atomic mass is 10.1. The van der Waals surface area contributed by atoms with Crippen molar-refractivity contribution in [3.63, 3.8) is 0 Å². The average molecular weight is 420 g/mol. The molecule has 2 aromatic carbocycles. The third kappa shape index (κ3) is 5.64. The van der Waals surface area contributed by atoms with Crippen LogP contribution >= 0.6 is 0 Å². The minimum absolute atomic E-state index is 0.127. The third-order valence-electron chi connectivity index (χ3n) is 5.24. The van der Waals surface area contributed by atoms with Gasteiger partial charge in [-0.3, -0.25) is 4.99 Å². The van der Waals surface area contributed by atoms with E-state index in [1.807, 2.05) is 16.9 Å². The molecule has 0 aliphatic carbocycles. The van der Waals surface area contributed by atoms with Crippen molar-refractivity contribution in [1.29, 1.82) is 0 Å². The Morgan fingerprint density at radius 1 is 1.19 bits per heavy atom. The second kappa shape index (κ2) is 10.1. The summed E-state index contributed by atoms with van der Waals surface area (Å²) in [4.78, 5) is 4.35. The van der Waals surface area contributed by atoms with Crippen LogP contribution in [0.25, 0.3) is 5.69 Å². The maximum Gasteiger partial charge on any atom is 0.191 e. The van der Waals surface area contributed by atoms with Crippen LogP contribution in [-0.4, -0.2) is 42.1 Å². The highest BCUT2D eigenvalue weighted by atomic mass is 16.5. The molecule has 1 saturated heterocycles. The van der Waals surface area contributed by atoms with Gasteiger partial charge >= 0.3 is 0 Å². The number of hydrogen-bond donors (Lipinski definition) is 2. The Bertz CT molecular complexity index is 993. The van der Waals surface area contributed by atoms with Crippen molar-refractivity contribution in [2.75, 3.05) is 20.3 Å². The standard InChI is InChI=1S/C24H29N5O2/c1-18-4-7-20(23(14-18)31-22-10-13-30-17-22)16-27-24(25-2)26-15-19-5-8-21(9-6-19)29-12-3-11-28-29/h3-9,11-12,14,22H,10,13,15-17H2,1-2H3,(H2,25,26,27). The zero-order valence-electron chi connectivity index (χ0n) is 18.0. The molecule has 1 aromatic heterocycles. The Balaban J connectivity index is 1.32. The molecule has 4 rings (SSSR count). The molecule has 2 N–H and O–H groups in total. The summed E-state index contributed by atoms with van der Waals surface area (Å²) >= 11 is 0. The summed E-state index contributed by atoms with van der Waals surface area (Å²) in [6.45, 7) is 4.80. The molecule has 162 valence electrons. The van der Waals surface area contributed by atoms with Gasteiger partial charge in [-0.1, -0.05) is 24.3 Å². The molecule has 1 fully saturated rings. The van der Waals surface area contributed by atoms with Crippen LogP contribution in [0.2, 0.25) is 0 Å². The third-order valence-corrected chi connectivity index (χ3v) is 5.24. The fourth-order valence-corrected chi connectivity index (χ4v) is 3.48. The number of ether oxygens (including phenoxy) is 2. The Kier molecular flexibility index (Phi) is 6.84. The van der Waals surface area contributed by atoms with Crippen LogP contribution in [0.4, 0.5) is 0 Å². The van der Waals surface area contributed by atoms with Gasteiger partial charge in [0, 0.05) is 44.5 Å². The molecule has 7 nitrogen and oxygen atoms in total. The Hall–Kier alpha value is -3.32. The number of aryl methyl sites for hydroxylation is 1. The number of hydrogen-bond acceptors (Lipinski definition) is 4. The topological polar surface area (TPSA) is 72.7 Å². The number of aromatic nitrogens is 2. The highest BCUT2D eigenvalue weighted by Crippen LogP contribution is 2.23. The van der Waals surface area contributed by atoms with Gasteiger partial charge < -0.3 is 20.1 Å². The van der Waals surface area contributed by atoms with Crippen LogP contribution in [-0.2, 0) is 17.8 Å². The van der Waals surface area contributed by atoms with E-state index in [1.54, 1.807) is 13.2 Å². The number of nitrogens with one attached hydrogen (secondary N) is 2. The molecular formula is C24H29N5O2. The van der Waals surface area contributed by atoms with Crippen LogP contribution in [0.5, 0.6) is 5.75 Å². The van der Waals surface area contributed by atoms with Gasteiger partial charge in [0.15, 0.2) is 5.96 Å². The highest BCUT2D eigenvalue weighted by Gasteiger charge is 2.18. The zero-order valence-corrected chi connectivity index (χ0v) is 18.0. The van der Waals surface area contributed by atoms with Gasteiger partial charge in [-0.25, -0.2) is 4.68 Å². The summed E-state index contributed by atoms with van der Waals surface area (Å²) in [7, 11) is 1.78. The first-order valence-corrected chi connectivity index (χ1v) is 10.6. The van der Waals surface area contributed by atoms with Gasteiger partial charge in [0.1, 0.15) is 11.9 Å². The summed E-state index contributed by atoms with van der Waals surface area (Å²) in [5, 5.41) is 11.0. The van der Waals surface area contributed by atoms with Gasteiger partial charge in [-0.05, 0) is 42.3 Å². The van der Waals surface area contributed by atoms with E-state index >= 15 is 0 Å². The summed E-state index contributed by atoms with van der Waals surface area (Å²) in [5.74, 6) is 1.65. The minimum Gasteiger partial charge on any atom is -0.488 e. The molecular weight excluding hydrogens is 390 g/mol. The second-order valence-corrected chi connectivity index (χ2v) is 7.61. The molecule has 0 bridgehead atoms. The maximum absolute atomic E-state index is 6.19. The van der Waals surface area contributed by atoms with Crippen LogP contribution in [0.3, 0.4) is 0 Å².